The molecule has 2 aromatic heterocycles. The highest BCUT2D eigenvalue weighted by Crippen LogP contribution is 2.25. The maximum atomic E-state index is 13.5. The summed E-state index contributed by atoms with van der Waals surface area (Å²) < 4.78 is 19.1. The number of hydrogen-bond donors (Lipinski definition) is 0. The van der Waals surface area contributed by atoms with Gasteiger partial charge in [0.2, 0.25) is 0 Å². The fourth-order valence-electron chi connectivity index (χ4n) is 2.28. The highest BCUT2D eigenvalue weighted by molar-refractivity contribution is 7.07. The van der Waals surface area contributed by atoms with Gasteiger partial charge >= 0.3 is 5.97 Å². The molecule has 1 unspecified atom stereocenters. The quantitative estimate of drug-likeness (QED) is 0.637. The zero-order valence-electron chi connectivity index (χ0n) is 12.8. The largest absolute Gasteiger partial charge is 0.451 e. The monoisotopic (exact) mass is 342 g/mol. The van der Waals surface area contributed by atoms with Gasteiger partial charge in [-0.3, -0.25) is 9.78 Å². The van der Waals surface area contributed by atoms with Crippen LogP contribution in [-0.4, -0.2) is 15.9 Å². The minimum atomic E-state index is -0.732. The molecule has 0 aliphatic rings. The van der Waals surface area contributed by atoms with E-state index in [0.29, 0.717) is 17.7 Å². The molecule has 0 saturated carbocycles. The molecule has 0 aliphatic heterocycles. The summed E-state index contributed by atoms with van der Waals surface area (Å²) in [5, 5.41) is 1.90. The minimum absolute atomic E-state index is 0.211. The van der Waals surface area contributed by atoms with Crippen LogP contribution >= 0.6 is 11.3 Å². The molecule has 0 spiro atoms. The third-order valence-corrected chi connectivity index (χ3v) is 4.06. The van der Waals surface area contributed by atoms with E-state index in [1.807, 2.05) is 5.38 Å². The minimum Gasteiger partial charge on any atom is -0.451 e. The van der Waals surface area contributed by atoms with Crippen LogP contribution in [0.15, 0.2) is 59.6 Å². The first kappa shape index (κ1) is 16.3. The van der Waals surface area contributed by atoms with Crippen molar-refractivity contribution in [2.75, 3.05) is 0 Å². The zero-order valence-corrected chi connectivity index (χ0v) is 13.6. The Morgan fingerprint density at radius 1 is 1.21 bits per heavy atom. The Morgan fingerprint density at radius 2 is 2.12 bits per heavy atom. The van der Waals surface area contributed by atoms with E-state index in [1.54, 1.807) is 42.0 Å². The van der Waals surface area contributed by atoms with Crippen LogP contribution in [0.3, 0.4) is 0 Å². The Hall–Kier alpha value is -2.60. The first-order valence-electron chi connectivity index (χ1n) is 7.45. The molecular formula is C18H15FN2O2S. The fraction of sp³-hybridized carbons (Fsp3) is 0.167. The van der Waals surface area contributed by atoms with Crippen molar-refractivity contribution < 1.29 is 13.9 Å². The Bertz CT molecular complexity index is 794. The van der Waals surface area contributed by atoms with E-state index in [0.717, 1.165) is 5.69 Å². The van der Waals surface area contributed by atoms with Crippen LogP contribution in [0.1, 0.15) is 29.5 Å². The summed E-state index contributed by atoms with van der Waals surface area (Å²) in [4.78, 5) is 20.6. The molecule has 0 N–H and O–H groups in total. The summed E-state index contributed by atoms with van der Waals surface area (Å²) in [5.74, 6) is -0.755. The van der Waals surface area contributed by atoms with Crippen LogP contribution in [0.2, 0.25) is 0 Å². The number of esters is 1. The Kier molecular flexibility index (Phi) is 5.28. The standard InChI is InChI=1S/C18H15FN2O2S/c19-14-5-3-4-13(10-14)18(16-6-1-2-9-20-16)23-17(22)8-7-15-11-24-12-21-15/h1-6,9-12,18H,7-8H2. The number of benzene rings is 1. The smallest absolute Gasteiger partial charge is 0.307 e. The molecule has 4 nitrogen and oxygen atoms in total. The van der Waals surface area contributed by atoms with E-state index >= 15 is 0 Å². The average molecular weight is 342 g/mol. The molecule has 0 fully saturated rings. The van der Waals surface area contributed by atoms with Gasteiger partial charge < -0.3 is 4.74 Å². The van der Waals surface area contributed by atoms with E-state index in [-0.39, 0.29) is 18.2 Å². The van der Waals surface area contributed by atoms with Gasteiger partial charge in [0.25, 0.3) is 0 Å². The maximum Gasteiger partial charge on any atom is 0.307 e. The van der Waals surface area contributed by atoms with Crippen molar-refractivity contribution in [2.24, 2.45) is 0 Å². The van der Waals surface area contributed by atoms with Gasteiger partial charge in [0.15, 0.2) is 6.10 Å². The lowest BCUT2D eigenvalue weighted by Gasteiger charge is -2.18. The van der Waals surface area contributed by atoms with E-state index in [4.69, 9.17) is 4.74 Å². The molecule has 0 saturated heterocycles. The maximum absolute atomic E-state index is 13.5. The summed E-state index contributed by atoms with van der Waals surface area (Å²) in [6.07, 6.45) is 1.61. The second kappa shape index (κ2) is 7.79. The Balaban J connectivity index is 1.76. The molecule has 1 aromatic carbocycles. The van der Waals surface area contributed by atoms with E-state index in [1.165, 1.54) is 23.5 Å². The fourth-order valence-corrected chi connectivity index (χ4v) is 2.87. The van der Waals surface area contributed by atoms with Crippen LogP contribution < -0.4 is 0 Å². The molecule has 0 aliphatic carbocycles. The number of pyridine rings is 1. The number of ether oxygens (including phenoxy) is 1. The van der Waals surface area contributed by atoms with E-state index in [2.05, 4.69) is 9.97 Å². The SMILES string of the molecule is O=C(CCc1cscn1)OC(c1cccc(F)c1)c1ccccn1. The number of nitrogens with zero attached hydrogens (tertiary/aromatic N) is 2. The summed E-state index contributed by atoms with van der Waals surface area (Å²) in [6, 6.07) is 11.3. The van der Waals surface area contributed by atoms with Gasteiger partial charge in [0.1, 0.15) is 5.82 Å². The number of hydrogen-bond acceptors (Lipinski definition) is 5. The lowest BCUT2D eigenvalue weighted by Crippen LogP contribution is -2.14. The summed E-state index contributed by atoms with van der Waals surface area (Å²) >= 11 is 1.49. The number of aryl methyl sites for hydroxylation is 1. The topological polar surface area (TPSA) is 52.1 Å². The molecule has 24 heavy (non-hydrogen) atoms. The number of carbonyl (C=O) groups is 1. The number of halogens is 1. The van der Waals surface area contributed by atoms with Crippen molar-refractivity contribution in [1.29, 1.82) is 0 Å². The lowest BCUT2D eigenvalue weighted by molar-refractivity contribution is -0.147. The Labute approximate surface area is 143 Å². The molecule has 122 valence electrons. The molecule has 3 rings (SSSR count). The lowest BCUT2D eigenvalue weighted by atomic mass is 10.1. The van der Waals surface area contributed by atoms with Gasteiger partial charge in [-0.25, -0.2) is 9.37 Å². The molecule has 3 aromatic rings. The molecule has 2 heterocycles. The van der Waals surface area contributed by atoms with Crippen molar-refractivity contribution >= 4 is 17.3 Å². The first-order valence-corrected chi connectivity index (χ1v) is 8.39. The Morgan fingerprint density at radius 3 is 2.83 bits per heavy atom. The van der Waals surface area contributed by atoms with Crippen LogP contribution in [0.25, 0.3) is 0 Å². The number of rotatable bonds is 6. The van der Waals surface area contributed by atoms with Crippen LogP contribution in [0.5, 0.6) is 0 Å². The van der Waals surface area contributed by atoms with Crippen molar-refractivity contribution in [2.45, 2.75) is 18.9 Å². The van der Waals surface area contributed by atoms with Gasteiger partial charge in [0.05, 0.1) is 23.3 Å². The summed E-state index contributed by atoms with van der Waals surface area (Å²) in [5.41, 5.74) is 3.70. The third kappa shape index (κ3) is 4.23. The molecule has 0 bridgehead atoms. The normalized spacial score (nSPS) is 11.9. The second-order valence-corrected chi connectivity index (χ2v) is 5.88. The summed E-state index contributed by atoms with van der Waals surface area (Å²) in [7, 11) is 0. The second-order valence-electron chi connectivity index (χ2n) is 5.16. The molecule has 1 atom stereocenters. The molecule has 6 heteroatoms. The predicted octanol–water partition coefficient (Wildman–Crippen LogP) is 3.94. The zero-order chi connectivity index (χ0) is 16.8. The first-order chi connectivity index (χ1) is 11.7. The number of aromatic nitrogens is 2. The van der Waals surface area contributed by atoms with Crippen molar-refractivity contribution in [3.8, 4) is 0 Å². The highest BCUT2D eigenvalue weighted by Gasteiger charge is 2.20. The van der Waals surface area contributed by atoms with Crippen LogP contribution in [0, 0.1) is 5.82 Å². The molecular weight excluding hydrogens is 327 g/mol. The van der Waals surface area contributed by atoms with E-state index in [9.17, 15) is 9.18 Å². The van der Waals surface area contributed by atoms with Crippen molar-refractivity contribution in [3.63, 3.8) is 0 Å². The van der Waals surface area contributed by atoms with Gasteiger partial charge in [-0.2, -0.15) is 0 Å². The highest BCUT2D eigenvalue weighted by atomic mass is 32.1. The van der Waals surface area contributed by atoms with Crippen LogP contribution in [-0.2, 0) is 16.0 Å². The predicted molar refractivity (Wildman–Crippen MR) is 89.0 cm³/mol. The summed E-state index contributed by atoms with van der Waals surface area (Å²) in [6.45, 7) is 0. The third-order valence-electron chi connectivity index (χ3n) is 3.43. The van der Waals surface area contributed by atoms with Gasteiger partial charge in [0, 0.05) is 23.6 Å². The van der Waals surface area contributed by atoms with Gasteiger partial charge in [-0.1, -0.05) is 18.2 Å². The van der Waals surface area contributed by atoms with Gasteiger partial charge in [-0.05, 0) is 24.3 Å². The number of carbonyl (C=O) groups excluding carboxylic acids is 1. The average Bonchev–Trinajstić information content (AvgIpc) is 3.12. The van der Waals surface area contributed by atoms with Gasteiger partial charge in [-0.15, -0.1) is 11.3 Å². The van der Waals surface area contributed by atoms with Crippen molar-refractivity contribution in [3.05, 3.63) is 82.3 Å². The van der Waals surface area contributed by atoms with Crippen LogP contribution in [0.4, 0.5) is 4.39 Å². The van der Waals surface area contributed by atoms with Crippen molar-refractivity contribution in [1.82, 2.24) is 9.97 Å². The van der Waals surface area contributed by atoms with E-state index < -0.39 is 6.10 Å². The molecule has 0 amide bonds. The number of thiazole rings is 1. The molecule has 0 radical (unpaired) electrons.